The molecule has 12 heteroatoms. The van der Waals surface area contributed by atoms with Gasteiger partial charge in [0.15, 0.2) is 17.5 Å². The predicted molar refractivity (Wildman–Crippen MR) is 102 cm³/mol. The molecule has 0 saturated heterocycles. The number of hydrogen-bond acceptors (Lipinski definition) is 4. The van der Waals surface area contributed by atoms with Crippen molar-refractivity contribution < 1.29 is 35.9 Å². The minimum atomic E-state index is -4.47. The number of nitrogens with zero attached hydrogens (tertiary/aromatic N) is 1. The third kappa shape index (κ3) is 4.75. The summed E-state index contributed by atoms with van der Waals surface area (Å²) in [5.41, 5.74) is -0.972. The maximum absolute atomic E-state index is 14.4. The van der Waals surface area contributed by atoms with Gasteiger partial charge in [0, 0.05) is 30.4 Å². The van der Waals surface area contributed by atoms with Crippen molar-refractivity contribution in [1.29, 1.82) is 0 Å². The lowest BCUT2D eigenvalue weighted by atomic mass is 10.2. The van der Waals surface area contributed by atoms with Crippen LogP contribution in [0.15, 0.2) is 29.2 Å². The van der Waals surface area contributed by atoms with E-state index in [1.54, 1.807) is 0 Å². The fraction of sp³-hybridized carbons (Fsp3) is 0.278. The molecule has 30 heavy (non-hydrogen) atoms. The number of aliphatic hydroxyl groups excluding tert-OH is 1. The fourth-order valence-electron chi connectivity index (χ4n) is 2.66. The highest BCUT2D eigenvalue weighted by Crippen LogP contribution is 2.28. The van der Waals surface area contributed by atoms with E-state index in [9.17, 15) is 35.9 Å². The molecule has 0 aliphatic carbocycles. The molecule has 1 unspecified atom stereocenters. The van der Waals surface area contributed by atoms with Gasteiger partial charge in [0.25, 0.3) is 5.91 Å². The summed E-state index contributed by atoms with van der Waals surface area (Å²) in [6, 6.07) is 1.41. The zero-order valence-corrected chi connectivity index (χ0v) is 17.3. The molecule has 6 nitrogen and oxygen atoms in total. The molecular formula is C18H17ClF4N2O4S. The summed E-state index contributed by atoms with van der Waals surface area (Å²) < 4.78 is 80.6. The Bertz CT molecular complexity index is 1060. The second-order valence-corrected chi connectivity index (χ2v) is 8.48. The fourth-order valence-corrected chi connectivity index (χ4v) is 4.60. The van der Waals surface area contributed by atoms with E-state index in [1.807, 2.05) is 5.32 Å². The molecule has 0 aliphatic heterocycles. The van der Waals surface area contributed by atoms with Crippen molar-refractivity contribution >= 4 is 33.2 Å². The van der Waals surface area contributed by atoms with Gasteiger partial charge in [-0.15, -0.1) is 0 Å². The van der Waals surface area contributed by atoms with Crippen LogP contribution in [0.1, 0.15) is 24.2 Å². The van der Waals surface area contributed by atoms with Gasteiger partial charge in [0.05, 0.1) is 17.2 Å². The lowest BCUT2D eigenvalue weighted by Gasteiger charge is -2.26. The van der Waals surface area contributed by atoms with Crippen LogP contribution in [0.4, 0.5) is 23.2 Å². The molecule has 0 aromatic heterocycles. The van der Waals surface area contributed by atoms with Crippen molar-refractivity contribution in [2.45, 2.75) is 24.8 Å². The van der Waals surface area contributed by atoms with Gasteiger partial charge in [-0.05, 0) is 19.1 Å². The van der Waals surface area contributed by atoms with E-state index in [0.29, 0.717) is 24.3 Å². The molecule has 0 aliphatic rings. The third-order valence-corrected chi connectivity index (χ3v) is 6.58. The van der Waals surface area contributed by atoms with Crippen molar-refractivity contribution in [3.05, 3.63) is 58.1 Å². The van der Waals surface area contributed by atoms with Crippen LogP contribution >= 0.6 is 11.6 Å². The minimum Gasteiger partial charge on any atom is -0.395 e. The van der Waals surface area contributed by atoms with Crippen LogP contribution in [0, 0.1) is 23.3 Å². The Morgan fingerprint density at radius 3 is 2.20 bits per heavy atom. The molecule has 2 rings (SSSR count). The summed E-state index contributed by atoms with van der Waals surface area (Å²) in [5, 5.41) is 10.8. The highest BCUT2D eigenvalue weighted by Gasteiger charge is 2.31. The van der Waals surface area contributed by atoms with Gasteiger partial charge in [-0.3, -0.25) is 4.79 Å². The molecule has 164 valence electrons. The van der Waals surface area contributed by atoms with E-state index >= 15 is 0 Å². The van der Waals surface area contributed by atoms with Crippen LogP contribution in [-0.4, -0.2) is 42.9 Å². The van der Waals surface area contributed by atoms with Crippen LogP contribution in [0.2, 0.25) is 5.02 Å². The number of carbonyl (C=O) groups excluding carboxylic acids is 1. The number of amides is 1. The first-order chi connectivity index (χ1) is 13.9. The van der Waals surface area contributed by atoms with E-state index in [2.05, 4.69) is 0 Å². The Morgan fingerprint density at radius 1 is 1.13 bits per heavy atom. The number of nitrogens with one attached hydrogen (secondary N) is 1. The number of carbonyl (C=O) groups is 1. The molecule has 0 bridgehead atoms. The number of aliphatic hydroxyl groups is 1. The molecule has 0 saturated carbocycles. The first kappa shape index (κ1) is 24.1. The maximum Gasteiger partial charge on any atom is 0.257 e. The summed E-state index contributed by atoms with van der Waals surface area (Å²) in [6.45, 7) is 2.25. The Kier molecular flexibility index (Phi) is 7.45. The average molecular weight is 469 g/mol. The van der Waals surface area contributed by atoms with Crippen LogP contribution in [0.5, 0.6) is 0 Å². The summed E-state index contributed by atoms with van der Waals surface area (Å²) in [6.07, 6.45) is 0. The molecule has 1 amide bonds. The summed E-state index contributed by atoms with van der Waals surface area (Å²) in [4.78, 5) is 11.6. The van der Waals surface area contributed by atoms with Gasteiger partial charge in [0.1, 0.15) is 10.7 Å². The number of halogens is 5. The summed E-state index contributed by atoms with van der Waals surface area (Å²) in [5.74, 6) is -7.20. The molecule has 0 heterocycles. The quantitative estimate of drug-likeness (QED) is 0.480. The summed E-state index contributed by atoms with van der Waals surface area (Å²) in [7, 11) is -4.47. The number of sulfonamides is 1. The highest BCUT2D eigenvalue weighted by atomic mass is 35.5. The maximum atomic E-state index is 14.4. The standard InChI is InChI=1S/C18H17ClF4N2O4S/c1-3-25(9(2)8-26)30(28,29)16-6-11(12(19)7-13(16)20)18(27)24-10-4-14(21)17(23)15(22)5-10/h4-7,9,26H,3,8H2,1-2H3,(H,24,27). The molecule has 2 aromatic carbocycles. The van der Waals surface area contributed by atoms with Crippen LogP contribution in [-0.2, 0) is 10.0 Å². The van der Waals surface area contributed by atoms with E-state index < -0.39 is 73.0 Å². The zero-order chi connectivity index (χ0) is 22.8. The lowest BCUT2D eigenvalue weighted by Crippen LogP contribution is -2.40. The van der Waals surface area contributed by atoms with Crippen molar-refractivity contribution in [3.8, 4) is 0 Å². The number of anilines is 1. The molecular weight excluding hydrogens is 452 g/mol. The van der Waals surface area contributed by atoms with Crippen molar-refractivity contribution in [2.24, 2.45) is 0 Å². The number of benzene rings is 2. The number of likely N-dealkylation sites (N-methyl/N-ethyl adjacent to an activating group) is 1. The Balaban J connectivity index is 2.49. The third-order valence-electron chi connectivity index (χ3n) is 4.16. The van der Waals surface area contributed by atoms with Crippen LogP contribution in [0.3, 0.4) is 0 Å². The second kappa shape index (κ2) is 9.29. The van der Waals surface area contributed by atoms with E-state index in [0.717, 1.165) is 4.31 Å². The lowest BCUT2D eigenvalue weighted by molar-refractivity contribution is 0.102. The average Bonchev–Trinajstić information content (AvgIpc) is 2.65. The number of hydrogen-bond donors (Lipinski definition) is 2. The Labute approximate surface area is 175 Å². The van der Waals surface area contributed by atoms with Crippen LogP contribution in [0.25, 0.3) is 0 Å². The minimum absolute atomic E-state index is 0.0954. The van der Waals surface area contributed by atoms with Crippen molar-refractivity contribution in [1.82, 2.24) is 4.31 Å². The Morgan fingerprint density at radius 2 is 1.70 bits per heavy atom. The largest absolute Gasteiger partial charge is 0.395 e. The van der Waals surface area contributed by atoms with E-state index in [1.165, 1.54) is 13.8 Å². The van der Waals surface area contributed by atoms with Crippen LogP contribution < -0.4 is 5.32 Å². The topological polar surface area (TPSA) is 86.7 Å². The molecule has 1 atom stereocenters. The highest BCUT2D eigenvalue weighted by molar-refractivity contribution is 7.89. The van der Waals surface area contributed by atoms with Crippen molar-refractivity contribution in [3.63, 3.8) is 0 Å². The van der Waals surface area contributed by atoms with E-state index in [-0.39, 0.29) is 6.54 Å². The normalized spacial score (nSPS) is 12.8. The van der Waals surface area contributed by atoms with Gasteiger partial charge in [-0.1, -0.05) is 18.5 Å². The second-order valence-electron chi connectivity index (χ2n) is 6.21. The first-order valence-electron chi connectivity index (χ1n) is 8.51. The molecule has 0 radical (unpaired) electrons. The number of rotatable bonds is 7. The molecule has 2 N–H and O–H groups in total. The van der Waals surface area contributed by atoms with E-state index in [4.69, 9.17) is 11.6 Å². The predicted octanol–water partition coefficient (Wildman–Crippen LogP) is 3.54. The van der Waals surface area contributed by atoms with Gasteiger partial charge < -0.3 is 10.4 Å². The first-order valence-corrected chi connectivity index (χ1v) is 10.3. The Hall–Kier alpha value is -2.21. The molecule has 0 fully saturated rings. The molecule has 2 aromatic rings. The zero-order valence-electron chi connectivity index (χ0n) is 15.7. The van der Waals surface area contributed by atoms with Gasteiger partial charge in [-0.2, -0.15) is 4.31 Å². The smallest absolute Gasteiger partial charge is 0.257 e. The van der Waals surface area contributed by atoms with Gasteiger partial charge in [-0.25, -0.2) is 26.0 Å². The van der Waals surface area contributed by atoms with Gasteiger partial charge >= 0.3 is 0 Å². The molecule has 0 spiro atoms. The summed E-state index contributed by atoms with van der Waals surface area (Å²) >= 11 is 5.85. The van der Waals surface area contributed by atoms with Crippen molar-refractivity contribution in [2.75, 3.05) is 18.5 Å². The van der Waals surface area contributed by atoms with Gasteiger partial charge in [0.2, 0.25) is 10.0 Å². The monoisotopic (exact) mass is 468 g/mol. The SMILES string of the molecule is CCN(C(C)CO)S(=O)(=O)c1cc(C(=O)Nc2cc(F)c(F)c(F)c2)c(Cl)cc1F.